The monoisotopic (exact) mass is 460 g/mol. The van der Waals surface area contributed by atoms with Gasteiger partial charge in [-0.25, -0.2) is 4.90 Å². The van der Waals surface area contributed by atoms with Gasteiger partial charge in [0.05, 0.1) is 45.4 Å². The number of imide groups is 1. The summed E-state index contributed by atoms with van der Waals surface area (Å²) in [6.07, 6.45) is 0. The molecule has 34 heavy (non-hydrogen) atoms. The van der Waals surface area contributed by atoms with Gasteiger partial charge >= 0.3 is 0 Å². The molecule has 0 spiro atoms. The Balaban J connectivity index is 1.87. The minimum atomic E-state index is -0.523. The van der Waals surface area contributed by atoms with Crippen molar-refractivity contribution in [1.29, 1.82) is 0 Å². The molecule has 0 radical (unpaired) electrons. The van der Waals surface area contributed by atoms with Crippen LogP contribution in [0.3, 0.4) is 0 Å². The van der Waals surface area contributed by atoms with Gasteiger partial charge in [0.25, 0.3) is 11.8 Å². The Hall–Kier alpha value is -4.46. The number of hydrogen-bond acceptors (Lipinski definition) is 7. The lowest BCUT2D eigenvalue weighted by atomic mass is 10.0. The maximum atomic E-state index is 13.7. The van der Waals surface area contributed by atoms with Crippen LogP contribution in [0.2, 0.25) is 0 Å². The summed E-state index contributed by atoms with van der Waals surface area (Å²) in [5, 5.41) is 3.12. The molecule has 0 unspecified atom stereocenters. The molecule has 2 amide bonds. The second kappa shape index (κ2) is 9.58. The van der Waals surface area contributed by atoms with Crippen LogP contribution in [0.25, 0.3) is 5.57 Å². The van der Waals surface area contributed by atoms with Crippen molar-refractivity contribution in [3.63, 3.8) is 0 Å². The van der Waals surface area contributed by atoms with E-state index in [1.54, 1.807) is 80.9 Å². The second-order valence-corrected chi connectivity index (χ2v) is 7.29. The predicted octanol–water partition coefficient (Wildman–Crippen LogP) is 4.12. The first-order valence-corrected chi connectivity index (χ1v) is 10.4. The number of nitrogens with zero attached hydrogens (tertiary/aromatic N) is 1. The largest absolute Gasteiger partial charge is 0.497 e. The van der Waals surface area contributed by atoms with Gasteiger partial charge in [-0.3, -0.25) is 9.59 Å². The van der Waals surface area contributed by atoms with Crippen LogP contribution >= 0.6 is 0 Å². The maximum absolute atomic E-state index is 13.7. The molecule has 8 heteroatoms. The van der Waals surface area contributed by atoms with E-state index in [9.17, 15) is 9.59 Å². The molecule has 0 bridgehead atoms. The van der Waals surface area contributed by atoms with Gasteiger partial charge in [-0.2, -0.15) is 0 Å². The highest BCUT2D eigenvalue weighted by atomic mass is 16.5. The molecule has 1 N–H and O–H groups in total. The summed E-state index contributed by atoms with van der Waals surface area (Å²) in [7, 11) is 6.11. The van der Waals surface area contributed by atoms with Gasteiger partial charge in [0.15, 0.2) is 0 Å². The summed E-state index contributed by atoms with van der Waals surface area (Å²) in [5.74, 6) is 1.08. The molecule has 3 aromatic carbocycles. The average Bonchev–Trinajstić information content (AvgIpc) is 3.12. The van der Waals surface area contributed by atoms with Crippen molar-refractivity contribution in [3.8, 4) is 23.0 Å². The van der Waals surface area contributed by atoms with Crippen molar-refractivity contribution in [2.24, 2.45) is 0 Å². The van der Waals surface area contributed by atoms with Gasteiger partial charge in [0, 0.05) is 6.07 Å². The van der Waals surface area contributed by atoms with Crippen LogP contribution in [0.15, 0.2) is 72.4 Å². The fourth-order valence-electron chi connectivity index (χ4n) is 3.75. The number of carbonyl (C=O) groups excluding carboxylic acids is 2. The molecule has 1 heterocycles. The molecule has 0 saturated carbocycles. The van der Waals surface area contributed by atoms with Crippen LogP contribution in [-0.4, -0.2) is 40.3 Å². The smallest absolute Gasteiger partial charge is 0.282 e. The molecule has 0 fully saturated rings. The minimum absolute atomic E-state index is 0.104. The lowest BCUT2D eigenvalue weighted by Gasteiger charge is -2.18. The number of methoxy groups -OCH3 is 4. The lowest BCUT2D eigenvalue weighted by molar-refractivity contribution is -0.120. The molecule has 0 aliphatic carbocycles. The third-order valence-electron chi connectivity index (χ3n) is 5.45. The van der Waals surface area contributed by atoms with Crippen LogP contribution in [0.5, 0.6) is 23.0 Å². The van der Waals surface area contributed by atoms with E-state index in [0.717, 1.165) is 4.90 Å². The standard InChI is InChI=1S/C26H24N2O6/c1-31-17-11-9-16(10-12-17)23-24(27-19-15-18(32-2)13-14-21(19)33-3)26(30)28(25(23)29)20-7-5-6-8-22(20)34-4/h5-15,27H,1-4H3. The van der Waals surface area contributed by atoms with E-state index >= 15 is 0 Å². The Labute approximate surface area is 197 Å². The van der Waals surface area contributed by atoms with Gasteiger partial charge in [0.2, 0.25) is 0 Å². The van der Waals surface area contributed by atoms with E-state index in [4.69, 9.17) is 18.9 Å². The summed E-state index contributed by atoms with van der Waals surface area (Å²) in [6.45, 7) is 0. The summed E-state index contributed by atoms with van der Waals surface area (Å²) in [4.78, 5) is 28.5. The quantitative estimate of drug-likeness (QED) is 0.506. The normalized spacial score (nSPS) is 13.2. The highest BCUT2D eigenvalue weighted by molar-refractivity contribution is 6.46. The Morgan fingerprint density at radius 1 is 0.676 bits per heavy atom. The van der Waals surface area contributed by atoms with Crippen LogP contribution in [0.1, 0.15) is 5.56 Å². The third kappa shape index (κ3) is 4.01. The third-order valence-corrected chi connectivity index (χ3v) is 5.45. The number of benzene rings is 3. The molecule has 0 atom stereocenters. The number of hydrogen-bond donors (Lipinski definition) is 1. The Morgan fingerprint density at radius 2 is 1.32 bits per heavy atom. The van der Waals surface area contributed by atoms with E-state index in [2.05, 4.69) is 5.32 Å². The Morgan fingerprint density at radius 3 is 1.97 bits per heavy atom. The number of nitrogens with one attached hydrogen (secondary N) is 1. The number of para-hydroxylation sites is 2. The number of anilines is 2. The fourth-order valence-corrected chi connectivity index (χ4v) is 3.75. The van der Waals surface area contributed by atoms with E-state index in [-0.39, 0.29) is 11.3 Å². The average molecular weight is 460 g/mol. The van der Waals surface area contributed by atoms with E-state index in [1.807, 2.05) is 0 Å². The van der Waals surface area contributed by atoms with Gasteiger partial charge in [-0.05, 0) is 42.0 Å². The molecule has 8 nitrogen and oxygen atoms in total. The minimum Gasteiger partial charge on any atom is -0.497 e. The molecular formula is C26H24N2O6. The van der Waals surface area contributed by atoms with Gasteiger partial charge < -0.3 is 24.3 Å². The van der Waals surface area contributed by atoms with Crippen LogP contribution < -0.4 is 29.2 Å². The fraction of sp³-hybridized carbons (Fsp3) is 0.154. The number of amides is 2. The lowest BCUT2D eigenvalue weighted by Crippen LogP contribution is -2.32. The predicted molar refractivity (Wildman–Crippen MR) is 129 cm³/mol. The molecule has 3 aromatic rings. The first-order chi connectivity index (χ1) is 16.5. The molecule has 4 rings (SSSR count). The number of ether oxygens (including phenoxy) is 4. The highest BCUT2D eigenvalue weighted by Crippen LogP contribution is 2.39. The van der Waals surface area contributed by atoms with Gasteiger partial charge in [-0.1, -0.05) is 24.3 Å². The summed E-state index contributed by atoms with van der Waals surface area (Å²) < 4.78 is 21.4. The van der Waals surface area contributed by atoms with Crippen LogP contribution in [0, 0.1) is 0 Å². The van der Waals surface area contributed by atoms with Crippen LogP contribution in [0.4, 0.5) is 11.4 Å². The zero-order chi connectivity index (χ0) is 24.2. The van der Waals surface area contributed by atoms with Crippen molar-refractivity contribution >= 4 is 28.8 Å². The number of carbonyl (C=O) groups is 2. The second-order valence-electron chi connectivity index (χ2n) is 7.29. The number of rotatable bonds is 8. The molecule has 1 aliphatic rings. The highest BCUT2D eigenvalue weighted by Gasteiger charge is 2.41. The summed E-state index contributed by atoms with van der Waals surface area (Å²) in [6, 6.07) is 18.9. The first kappa shape index (κ1) is 22.7. The maximum Gasteiger partial charge on any atom is 0.282 e. The van der Waals surface area contributed by atoms with Gasteiger partial charge in [-0.15, -0.1) is 0 Å². The summed E-state index contributed by atoms with van der Waals surface area (Å²) in [5.41, 5.74) is 1.70. The van der Waals surface area contributed by atoms with E-state index < -0.39 is 11.8 Å². The topological polar surface area (TPSA) is 86.3 Å². The van der Waals surface area contributed by atoms with Crippen molar-refractivity contribution < 1.29 is 28.5 Å². The summed E-state index contributed by atoms with van der Waals surface area (Å²) >= 11 is 0. The SMILES string of the molecule is COc1ccc(C2=C(Nc3cc(OC)ccc3OC)C(=O)N(c3ccccc3OC)C2=O)cc1. The van der Waals surface area contributed by atoms with Crippen molar-refractivity contribution in [1.82, 2.24) is 0 Å². The van der Waals surface area contributed by atoms with E-state index in [0.29, 0.717) is 39.9 Å². The first-order valence-electron chi connectivity index (χ1n) is 10.4. The molecule has 174 valence electrons. The van der Waals surface area contributed by atoms with Crippen molar-refractivity contribution in [2.75, 3.05) is 38.7 Å². The van der Waals surface area contributed by atoms with Crippen molar-refractivity contribution in [3.05, 3.63) is 78.0 Å². The molecular weight excluding hydrogens is 436 g/mol. The molecule has 0 saturated heterocycles. The zero-order valence-electron chi connectivity index (χ0n) is 19.2. The Bertz CT molecular complexity index is 1270. The van der Waals surface area contributed by atoms with Crippen LogP contribution in [-0.2, 0) is 9.59 Å². The molecule has 0 aromatic heterocycles. The van der Waals surface area contributed by atoms with Crippen molar-refractivity contribution in [2.45, 2.75) is 0 Å². The van der Waals surface area contributed by atoms with Gasteiger partial charge in [0.1, 0.15) is 28.7 Å². The molecule has 1 aliphatic heterocycles. The Kier molecular flexibility index (Phi) is 6.40. The zero-order valence-corrected chi connectivity index (χ0v) is 19.2. The van der Waals surface area contributed by atoms with E-state index in [1.165, 1.54) is 14.2 Å².